The molecule has 3 rings (SSSR count). The van der Waals surface area contributed by atoms with E-state index in [0.717, 1.165) is 28.9 Å². The van der Waals surface area contributed by atoms with Crippen molar-refractivity contribution >= 4 is 33.6 Å². The number of hydrogen-bond donors (Lipinski definition) is 0. The molecule has 0 aliphatic heterocycles. The van der Waals surface area contributed by atoms with Crippen LogP contribution in [0.1, 0.15) is 17.0 Å². The molecular weight excluding hydrogens is 306 g/mol. The Bertz CT molecular complexity index is 775. The molecule has 2 aromatic carbocycles. The highest BCUT2D eigenvalue weighted by molar-refractivity contribution is 7.18. The molecule has 1 heterocycles. The van der Waals surface area contributed by atoms with E-state index in [4.69, 9.17) is 4.74 Å². The zero-order valence-corrected chi connectivity index (χ0v) is 13.5. The predicted molar refractivity (Wildman–Crippen MR) is 94.4 cm³/mol. The number of fused-ring (bicyclic) bond motifs is 1. The minimum absolute atomic E-state index is 0.307. The summed E-state index contributed by atoms with van der Waals surface area (Å²) in [6.45, 7) is 0.411. The minimum Gasteiger partial charge on any atom is -0.463 e. The van der Waals surface area contributed by atoms with E-state index < -0.39 is 0 Å². The first-order chi connectivity index (χ1) is 11.3. The first-order valence-electron chi connectivity index (χ1n) is 7.55. The van der Waals surface area contributed by atoms with Crippen LogP contribution in [-0.4, -0.2) is 17.6 Å². The molecule has 0 aliphatic carbocycles. The number of aryl methyl sites for hydroxylation is 1. The molecule has 116 valence electrons. The molecule has 0 amide bonds. The normalized spacial score (nSPS) is 11.1. The van der Waals surface area contributed by atoms with Gasteiger partial charge in [-0.3, -0.25) is 0 Å². The molecule has 0 spiro atoms. The first kappa shape index (κ1) is 15.4. The Hall–Kier alpha value is -2.46. The molecule has 0 fully saturated rings. The van der Waals surface area contributed by atoms with E-state index in [-0.39, 0.29) is 5.97 Å². The summed E-state index contributed by atoms with van der Waals surface area (Å²) in [4.78, 5) is 16.2. The number of thiazole rings is 1. The molecule has 0 radical (unpaired) electrons. The van der Waals surface area contributed by atoms with Gasteiger partial charge in [-0.1, -0.05) is 42.5 Å². The van der Waals surface area contributed by atoms with Gasteiger partial charge in [-0.2, -0.15) is 0 Å². The molecule has 0 saturated carbocycles. The summed E-state index contributed by atoms with van der Waals surface area (Å²) in [5, 5.41) is 1.09. The van der Waals surface area contributed by atoms with E-state index >= 15 is 0 Å². The summed E-state index contributed by atoms with van der Waals surface area (Å²) in [6, 6.07) is 17.8. The fourth-order valence-electron chi connectivity index (χ4n) is 2.20. The Morgan fingerprint density at radius 1 is 1.09 bits per heavy atom. The lowest BCUT2D eigenvalue weighted by Gasteiger charge is -2.00. The van der Waals surface area contributed by atoms with Gasteiger partial charge in [-0.15, -0.1) is 11.3 Å². The van der Waals surface area contributed by atoms with E-state index in [1.807, 2.05) is 48.5 Å². The quantitative estimate of drug-likeness (QED) is 0.381. The number of nitrogens with zero attached hydrogens (tertiary/aromatic N) is 1. The zero-order valence-electron chi connectivity index (χ0n) is 12.6. The van der Waals surface area contributed by atoms with Crippen molar-refractivity contribution in [3.05, 3.63) is 71.2 Å². The van der Waals surface area contributed by atoms with E-state index in [2.05, 4.69) is 11.1 Å². The molecule has 3 aromatic rings. The first-order valence-corrected chi connectivity index (χ1v) is 8.37. The number of carbonyl (C=O) groups is 1. The number of ether oxygens (including phenoxy) is 1. The van der Waals surface area contributed by atoms with E-state index in [0.29, 0.717) is 6.61 Å². The Morgan fingerprint density at radius 3 is 2.70 bits per heavy atom. The highest BCUT2D eigenvalue weighted by Gasteiger charge is 2.03. The van der Waals surface area contributed by atoms with Gasteiger partial charge < -0.3 is 4.74 Å². The summed E-state index contributed by atoms with van der Waals surface area (Å²) in [5.74, 6) is -0.307. The maximum absolute atomic E-state index is 11.6. The second-order valence-electron chi connectivity index (χ2n) is 5.09. The third-order valence-corrected chi connectivity index (χ3v) is 4.43. The van der Waals surface area contributed by atoms with Gasteiger partial charge in [-0.05, 0) is 30.2 Å². The third kappa shape index (κ3) is 4.50. The molecule has 0 N–H and O–H groups in total. The zero-order chi connectivity index (χ0) is 15.9. The second kappa shape index (κ2) is 7.70. The smallest absolute Gasteiger partial charge is 0.330 e. The second-order valence-corrected chi connectivity index (χ2v) is 6.21. The monoisotopic (exact) mass is 323 g/mol. The molecule has 3 nitrogen and oxygen atoms in total. The molecular formula is C19H17NO2S. The fourth-order valence-corrected chi connectivity index (χ4v) is 3.21. The van der Waals surface area contributed by atoms with Crippen LogP contribution in [-0.2, 0) is 16.0 Å². The van der Waals surface area contributed by atoms with E-state index in [1.54, 1.807) is 17.4 Å². The highest BCUT2D eigenvalue weighted by atomic mass is 32.1. The number of para-hydroxylation sites is 1. The number of aromatic nitrogens is 1. The van der Waals surface area contributed by atoms with Gasteiger partial charge in [0.05, 0.1) is 21.8 Å². The van der Waals surface area contributed by atoms with Crippen LogP contribution in [0.5, 0.6) is 0 Å². The van der Waals surface area contributed by atoms with Crippen molar-refractivity contribution in [1.29, 1.82) is 0 Å². The van der Waals surface area contributed by atoms with Crippen LogP contribution >= 0.6 is 11.3 Å². The molecule has 0 aliphatic rings. The maximum Gasteiger partial charge on any atom is 0.330 e. The van der Waals surface area contributed by atoms with Gasteiger partial charge in [0.15, 0.2) is 0 Å². The van der Waals surface area contributed by atoms with Gasteiger partial charge in [0.1, 0.15) is 0 Å². The average molecular weight is 323 g/mol. The Balaban J connectivity index is 1.42. The van der Waals surface area contributed by atoms with Crippen LogP contribution in [0.2, 0.25) is 0 Å². The van der Waals surface area contributed by atoms with Crippen molar-refractivity contribution in [1.82, 2.24) is 4.98 Å². The molecule has 1 aromatic heterocycles. The number of hydrogen-bond acceptors (Lipinski definition) is 4. The molecule has 0 atom stereocenters. The van der Waals surface area contributed by atoms with E-state index in [1.165, 1.54) is 10.8 Å². The number of carbonyl (C=O) groups excluding carboxylic acids is 1. The summed E-state index contributed by atoms with van der Waals surface area (Å²) in [6.07, 6.45) is 4.84. The summed E-state index contributed by atoms with van der Waals surface area (Å²) >= 11 is 1.70. The largest absolute Gasteiger partial charge is 0.463 e. The van der Waals surface area contributed by atoms with Crippen LogP contribution in [0.25, 0.3) is 16.3 Å². The van der Waals surface area contributed by atoms with Crippen LogP contribution in [0.15, 0.2) is 60.7 Å². The van der Waals surface area contributed by atoms with Crippen molar-refractivity contribution in [2.24, 2.45) is 0 Å². The van der Waals surface area contributed by atoms with Gasteiger partial charge in [0.25, 0.3) is 0 Å². The topological polar surface area (TPSA) is 39.2 Å². The predicted octanol–water partition coefficient (Wildman–Crippen LogP) is 4.49. The maximum atomic E-state index is 11.6. The van der Waals surface area contributed by atoms with Gasteiger partial charge in [0, 0.05) is 12.5 Å². The van der Waals surface area contributed by atoms with Crippen LogP contribution in [0, 0.1) is 0 Å². The van der Waals surface area contributed by atoms with Gasteiger partial charge in [0.2, 0.25) is 0 Å². The Kier molecular flexibility index (Phi) is 5.17. The standard InChI is InChI=1S/C19H17NO2S/c21-19(13-12-15-7-2-1-3-8-15)22-14-6-11-18-20-16-9-4-5-10-17(16)23-18/h1-5,7-10,12-13H,6,11,14H2. The third-order valence-electron chi connectivity index (χ3n) is 3.33. The van der Waals surface area contributed by atoms with Crippen LogP contribution in [0.4, 0.5) is 0 Å². The lowest BCUT2D eigenvalue weighted by molar-refractivity contribution is -0.137. The lowest BCUT2D eigenvalue weighted by Crippen LogP contribution is -2.03. The summed E-state index contributed by atoms with van der Waals surface area (Å²) in [7, 11) is 0. The molecule has 0 unspecified atom stereocenters. The van der Waals surface area contributed by atoms with Crippen molar-refractivity contribution in [2.75, 3.05) is 6.61 Å². The molecule has 23 heavy (non-hydrogen) atoms. The van der Waals surface area contributed by atoms with Gasteiger partial charge in [-0.25, -0.2) is 9.78 Å². The number of rotatable bonds is 6. The fraction of sp³-hybridized carbons (Fsp3) is 0.158. The highest BCUT2D eigenvalue weighted by Crippen LogP contribution is 2.22. The van der Waals surface area contributed by atoms with Crippen LogP contribution < -0.4 is 0 Å². The van der Waals surface area contributed by atoms with Crippen molar-refractivity contribution < 1.29 is 9.53 Å². The van der Waals surface area contributed by atoms with Crippen molar-refractivity contribution in [3.63, 3.8) is 0 Å². The summed E-state index contributed by atoms with van der Waals surface area (Å²) < 4.78 is 6.41. The number of benzene rings is 2. The lowest BCUT2D eigenvalue weighted by atomic mass is 10.2. The van der Waals surface area contributed by atoms with Crippen LogP contribution in [0.3, 0.4) is 0 Å². The Labute approximate surface area is 139 Å². The van der Waals surface area contributed by atoms with Crippen molar-refractivity contribution in [3.8, 4) is 0 Å². The molecule has 4 heteroatoms. The Morgan fingerprint density at radius 2 is 1.87 bits per heavy atom. The SMILES string of the molecule is O=C(C=Cc1ccccc1)OCCCc1nc2ccccc2s1. The average Bonchev–Trinajstić information content (AvgIpc) is 3.00. The number of esters is 1. The minimum atomic E-state index is -0.307. The van der Waals surface area contributed by atoms with E-state index in [9.17, 15) is 4.79 Å². The molecule has 0 saturated heterocycles. The van der Waals surface area contributed by atoms with Crippen molar-refractivity contribution in [2.45, 2.75) is 12.8 Å². The molecule has 0 bridgehead atoms. The summed E-state index contributed by atoms with van der Waals surface area (Å²) in [5.41, 5.74) is 2.02. The van der Waals surface area contributed by atoms with Gasteiger partial charge >= 0.3 is 5.97 Å².